The van der Waals surface area contributed by atoms with E-state index < -0.39 is 11.2 Å². The highest BCUT2D eigenvalue weighted by atomic mass is 16.6. The molecule has 1 N–H and O–H groups in total. The summed E-state index contributed by atoms with van der Waals surface area (Å²) in [5, 5.41) is 12.2. The summed E-state index contributed by atoms with van der Waals surface area (Å²) >= 11 is 0. The van der Waals surface area contributed by atoms with Crippen molar-refractivity contribution in [2.45, 2.75) is 109 Å². The molecule has 0 unspecified atom stereocenters. The van der Waals surface area contributed by atoms with Gasteiger partial charge in [0.15, 0.2) is 11.5 Å². The van der Waals surface area contributed by atoms with Gasteiger partial charge in [0.2, 0.25) is 0 Å². The lowest BCUT2D eigenvalue weighted by molar-refractivity contribution is -0.263. The summed E-state index contributed by atoms with van der Waals surface area (Å²) in [7, 11) is 1.83. The summed E-state index contributed by atoms with van der Waals surface area (Å²) in [4.78, 5) is 0. The Kier molecular flexibility index (Phi) is 5.34. The van der Waals surface area contributed by atoms with E-state index in [9.17, 15) is 5.11 Å². The maximum Gasteiger partial charge on any atom is 0.166 e. The van der Waals surface area contributed by atoms with E-state index in [0.29, 0.717) is 11.8 Å². The van der Waals surface area contributed by atoms with Gasteiger partial charge in [0.25, 0.3) is 0 Å². The lowest BCUT2D eigenvalue weighted by atomic mass is 9.32. The Labute approximate surface area is 217 Å². The van der Waals surface area contributed by atoms with Crippen LogP contribution in [-0.4, -0.2) is 36.1 Å². The van der Waals surface area contributed by atoms with E-state index in [2.05, 4.69) is 58.9 Å². The predicted octanol–water partition coefficient (Wildman–Crippen LogP) is 6.62. The highest BCUT2D eigenvalue weighted by Gasteiger charge is 2.80. The van der Waals surface area contributed by atoms with Crippen LogP contribution in [0.4, 0.5) is 0 Å². The molecule has 1 aliphatic heterocycles. The zero-order valence-electron chi connectivity index (χ0n) is 23.4. The topological polar surface area (TPSA) is 47.9 Å². The normalized spacial score (nSPS) is 41.0. The molecule has 5 aliphatic carbocycles. The Balaban J connectivity index is 1.55. The summed E-state index contributed by atoms with van der Waals surface area (Å²) in [6, 6.07) is 4.48. The van der Waals surface area contributed by atoms with Crippen LogP contribution in [0, 0.1) is 28.6 Å². The first kappa shape index (κ1) is 24.8. The molecule has 2 fully saturated rings. The zero-order valence-corrected chi connectivity index (χ0v) is 23.4. The molecule has 6 aliphatic rings. The van der Waals surface area contributed by atoms with Crippen LogP contribution in [-0.2, 0) is 16.6 Å². The summed E-state index contributed by atoms with van der Waals surface area (Å²) < 4.78 is 20.1. The van der Waals surface area contributed by atoms with Gasteiger partial charge in [-0.15, -0.1) is 0 Å². The maximum absolute atomic E-state index is 12.2. The van der Waals surface area contributed by atoms with Crippen molar-refractivity contribution in [1.29, 1.82) is 0 Å². The third kappa shape index (κ3) is 2.74. The highest BCUT2D eigenvalue weighted by Crippen LogP contribution is 2.78. The van der Waals surface area contributed by atoms with Gasteiger partial charge in [-0.1, -0.05) is 65.7 Å². The van der Waals surface area contributed by atoms with Crippen molar-refractivity contribution in [2.24, 2.45) is 28.6 Å². The number of hydrogen-bond acceptors (Lipinski definition) is 4. The first-order chi connectivity index (χ1) is 17.0. The van der Waals surface area contributed by atoms with Gasteiger partial charge in [0.1, 0.15) is 11.7 Å². The average molecular weight is 495 g/mol. The van der Waals surface area contributed by atoms with Crippen molar-refractivity contribution in [3.8, 4) is 11.5 Å². The SMILES string of the molecule is CCCCCOc1ccc2c3c1O[C@H]1[C@@]4(OC)C=C[C@@]5(C[C@@H]4[C@](C)(O)C(C)(C)C)[C@@H](C2)[C@H](C)CC[C@]315. The number of benzene rings is 1. The molecule has 0 radical (unpaired) electrons. The molecule has 7 rings (SSSR count). The van der Waals surface area contributed by atoms with Crippen LogP contribution in [0.2, 0.25) is 0 Å². The lowest BCUT2D eigenvalue weighted by Crippen LogP contribution is -2.78. The van der Waals surface area contributed by atoms with Crippen molar-refractivity contribution in [1.82, 2.24) is 0 Å². The summed E-state index contributed by atoms with van der Waals surface area (Å²) in [5.41, 5.74) is 0.803. The van der Waals surface area contributed by atoms with E-state index in [1.165, 1.54) is 30.4 Å². The fourth-order valence-corrected chi connectivity index (χ4v) is 9.25. The Morgan fingerprint density at radius 3 is 2.61 bits per heavy atom. The quantitative estimate of drug-likeness (QED) is 0.342. The molecule has 2 saturated carbocycles. The number of hydrogen-bond donors (Lipinski definition) is 1. The fraction of sp³-hybridized carbons (Fsp3) is 0.750. The van der Waals surface area contributed by atoms with Gasteiger partial charge < -0.3 is 19.3 Å². The molecule has 0 aromatic heterocycles. The predicted molar refractivity (Wildman–Crippen MR) is 143 cm³/mol. The van der Waals surface area contributed by atoms with E-state index in [1.807, 2.05) is 14.0 Å². The molecule has 0 saturated heterocycles. The monoisotopic (exact) mass is 494 g/mol. The lowest BCUT2D eigenvalue weighted by Gasteiger charge is -2.72. The first-order valence-corrected chi connectivity index (χ1v) is 14.4. The number of rotatable bonds is 7. The standard InChI is InChI=1S/C32H46O4/c1-8-9-10-17-35-23-12-11-21-18-22-20(2)13-14-31-25(21)26(23)36-27(31)32(34-7)16-15-30(22,31)19-24(32)29(6,33)28(3,4)5/h11-12,15-16,20,22,24,27,33H,8-10,13-14,17-19H2,1-7H3/t20-,22+,24-,27-,29+,30-,31+,32-/m1/s1. The van der Waals surface area contributed by atoms with Gasteiger partial charge in [-0.3, -0.25) is 0 Å². The Hall–Kier alpha value is -1.52. The van der Waals surface area contributed by atoms with Gasteiger partial charge in [-0.2, -0.15) is 0 Å². The van der Waals surface area contributed by atoms with E-state index in [1.54, 1.807) is 0 Å². The first-order valence-electron chi connectivity index (χ1n) is 14.4. The van der Waals surface area contributed by atoms with Crippen LogP contribution >= 0.6 is 0 Å². The van der Waals surface area contributed by atoms with Crippen LogP contribution in [0.15, 0.2) is 24.3 Å². The number of unbranched alkanes of at least 4 members (excludes halogenated alkanes) is 2. The van der Waals surface area contributed by atoms with Crippen LogP contribution < -0.4 is 9.47 Å². The minimum Gasteiger partial charge on any atom is -0.490 e. The van der Waals surface area contributed by atoms with Crippen molar-refractivity contribution in [3.05, 3.63) is 35.4 Å². The Morgan fingerprint density at radius 1 is 1.14 bits per heavy atom. The van der Waals surface area contributed by atoms with Crippen LogP contribution in [0.3, 0.4) is 0 Å². The van der Waals surface area contributed by atoms with Gasteiger partial charge in [0.05, 0.1) is 12.2 Å². The third-order valence-electron chi connectivity index (χ3n) is 11.6. The smallest absolute Gasteiger partial charge is 0.166 e. The molecule has 0 amide bonds. The molecule has 1 aromatic rings. The third-order valence-corrected chi connectivity index (χ3v) is 11.6. The molecule has 1 aromatic carbocycles. The van der Waals surface area contributed by atoms with Crippen LogP contribution in [0.5, 0.6) is 11.5 Å². The highest BCUT2D eigenvalue weighted by molar-refractivity contribution is 5.65. The molecule has 8 atom stereocenters. The second-order valence-electron chi connectivity index (χ2n) is 13.9. The molecular formula is C32H46O4. The number of ether oxygens (including phenoxy) is 3. The minimum atomic E-state index is -0.919. The minimum absolute atomic E-state index is 0.0331. The number of aliphatic hydroxyl groups is 1. The summed E-state index contributed by atoms with van der Waals surface area (Å²) in [6.45, 7) is 13.9. The second-order valence-corrected chi connectivity index (χ2v) is 13.9. The Morgan fingerprint density at radius 2 is 1.92 bits per heavy atom. The molecule has 36 heavy (non-hydrogen) atoms. The van der Waals surface area contributed by atoms with Gasteiger partial charge in [-0.05, 0) is 67.9 Å². The average Bonchev–Trinajstić information content (AvgIpc) is 3.21. The van der Waals surface area contributed by atoms with Crippen molar-refractivity contribution >= 4 is 0 Å². The molecule has 2 spiro atoms. The number of fused-ring (bicyclic) bond motifs is 1. The second kappa shape index (κ2) is 7.76. The van der Waals surface area contributed by atoms with Crippen molar-refractivity contribution in [2.75, 3.05) is 13.7 Å². The molecule has 4 bridgehead atoms. The van der Waals surface area contributed by atoms with Gasteiger partial charge in [0, 0.05) is 29.4 Å². The molecular weight excluding hydrogens is 448 g/mol. The summed E-state index contributed by atoms with van der Waals surface area (Å²) in [5.74, 6) is 2.97. The van der Waals surface area contributed by atoms with Crippen LogP contribution in [0.1, 0.15) is 91.2 Å². The number of allylic oxidation sites excluding steroid dienone is 1. The van der Waals surface area contributed by atoms with Gasteiger partial charge in [-0.25, -0.2) is 0 Å². The molecule has 4 heteroatoms. The van der Waals surface area contributed by atoms with E-state index in [-0.39, 0.29) is 28.3 Å². The number of methoxy groups -OCH3 is 1. The summed E-state index contributed by atoms with van der Waals surface area (Å²) in [6.07, 6.45) is 12.4. The fourth-order valence-electron chi connectivity index (χ4n) is 9.25. The zero-order chi connectivity index (χ0) is 25.7. The van der Waals surface area contributed by atoms with E-state index >= 15 is 0 Å². The van der Waals surface area contributed by atoms with Crippen molar-refractivity contribution < 1.29 is 19.3 Å². The van der Waals surface area contributed by atoms with Crippen LogP contribution in [0.25, 0.3) is 0 Å². The van der Waals surface area contributed by atoms with Gasteiger partial charge >= 0.3 is 0 Å². The van der Waals surface area contributed by atoms with E-state index in [4.69, 9.17) is 14.2 Å². The molecule has 4 nitrogen and oxygen atoms in total. The molecule has 198 valence electrons. The molecule has 1 heterocycles. The largest absolute Gasteiger partial charge is 0.490 e. The van der Waals surface area contributed by atoms with E-state index in [0.717, 1.165) is 43.8 Å². The maximum atomic E-state index is 12.2. The Bertz CT molecular complexity index is 1080. The van der Waals surface area contributed by atoms with Crippen molar-refractivity contribution in [3.63, 3.8) is 0 Å².